The van der Waals surface area contributed by atoms with E-state index in [2.05, 4.69) is 16.9 Å². The number of hydrogen-bond acceptors (Lipinski definition) is 5. The van der Waals surface area contributed by atoms with E-state index in [-0.39, 0.29) is 49.2 Å². The molecule has 0 radical (unpaired) electrons. The summed E-state index contributed by atoms with van der Waals surface area (Å²) in [7, 11) is 2.09. The van der Waals surface area contributed by atoms with Gasteiger partial charge < -0.3 is 15.0 Å². The summed E-state index contributed by atoms with van der Waals surface area (Å²) in [6.07, 6.45) is 2.54. The fourth-order valence-corrected chi connectivity index (χ4v) is 6.19. The molecule has 3 aromatic rings. The number of alkyl halides is 3. The third kappa shape index (κ3) is 6.74. The highest BCUT2D eigenvalue weighted by Gasteiger charge is 2.31. The predicted molar refractivity (Wildman–Crippen MR) is 146 cm³/mol. The van der Waals surface area contributed by atoms with Crippen molar-refractivity contribution in [3.05, 3.63) is 57.3 Å². The van der Waals surface area contributed by atoms with Crippen LogP contribution in [0.25, 0.3) is 22.0 Å². The molecule has 204 valence electrons. The van der Waals surface area contributed by atoms with Crippen molar-refractivity contribution in [1.82, 2.24) is 9.88 Å². The molecule has 0 unspecified atom stereocenters. The minimum absolute atomic E-state index is 0.0188. The number of nitrogens with zero attached hydrogens (tertiary/aromatic N) is 1. The summed E-state index contributed by atoms with van der Waals surface area (Å²) in [4.78, 5) is 30.8. The molecule has 10 heteroatoms. The fourth-order valence-electron chi connectivity index (χ4n) is 5.02. The molecule has 1 aliphatic rings. The van der Waals surface area contributed by atoms with Gasteiger partial charge in [0.15, 0.2) is 0 Å². The molecule has 2 aromatic carbocycles. The first-order valence-electron chi connectivity index (χ1n) is 12.7. The quantitative estimate of drug-likeness (QED) is 0.266. The molecule has 2 N–H and O–H groups in total. The first-order chi connectivity index (χ1) is 18.0. The van der Waals surface area contributed by atoms with Crippen LogP contribution in [0.15, 0.2) is 46.1 Å². The Bertz CT molecular complexity index is 1370. The minimum Gasteiger partial charge on any atom is -0.507 e. The number of thioether (sulfide) groups is 1. The molecule has 0 saturated heterocycles. The number of ketones is 1. The number of Topliss-reactive ketones (excluding diaryl/α,β-unsaturated/α-hetero) is 1. The van der Waals surface area contributed by atoms with Crippen molar-refractivity contribution in [1.29, 1.82) is 0 Å². The smallest absolute Gasteiger partial charge is 0.416 e. The Balaban J connectivity index is 1.60. The monoisotopic (exact) mass is 566 g/mol. The second-order valence-corrected chi connectivity index (χ2v) is 11.2. The number of benzene rings is 2. The van der Waals surface area contributed by atoms with Crippen molar-refractivity contribution in [3.8, 4) is 16.9 Å². The van der Waals surface area contributed by atoms with Crippen molar-refractivity contribution >= 4 is 40.0 Å². The Kier molecular flexibility index (Phi) is 9.11. The van der Waals surface area contributed by atoms with Crippen LogP contribution in [0.4, 0.5) is 13.2 Å². The van der Waals surface area contributed by atoms with Crippen LogP contribution >= 0.6 is 23.4 Å². The lowest BCUT2D eigenvalue weighted by molar-refractivity contribution is -0.137. The molecule has 1 heterocycles. The van der Waals surface area contributed by atoms with Crippen LogP contribution in [0, 0.1) is 0 Å². The van der Waals surface area contributed by atoms with Crippen LogP contribution < -0.4 is 5.56 Å². The molecule has 0 amide bonds. The second-order valence-electron chi connectivity index (χ2n) is 9.78. The fraction of sp³-hybridized carbons (Fsp3) is 0.429. The molecular formula is C28H30ClF3N2O3S. The Morgan fingerprint density at radius 3 is 2.61 bits per heavy atom. The molecule has 1 aliphatic carbocycles. The molecule has 0 bridgehead atoms. The Morgan fingerprint density at radius 2 is 1.89 bits per heavy atom. The van der Waals surface area contributed by atoms with Crippen molar-refractivity contribution in [2.24, 2.45) is 0 Å². The number of carbonyl (C=O) groups excluding carboxylic acids is 1. The van der Waals surface area contributed by atoms with E-state index in [1.165, 1.54) is 56.4 Å². The summed E-state index contributed by atoms with van der Waals surface area (Å²) in [6.45, 7) is 0.805. The van der Waals surface area contributed by atoms with Gasteiger partial charge in [-0.25, -0.2) is 0 Å². The van der Waals surface area contributed by atoms with Crippen molar-refractivity contribution in [2.45, 2.75) is 62.1 Å². The zero-order chi connectivity index (χ0) is 27.4. The average molecular weight is 567 g/mol. The zero-order valence-corrected chi connectivity index (χ0v) is 22.6. The summed E-state index contributed by atoms with van der Waals surface area (Å²) in [5.41, 5.74) is -1.03. The van der Waals surface area contributed by atoms with Crippen molar-refractivity contribution in [2.75, 3.05) is 19.3 Å². The molecule has 1 fully saturated rings. The van der Waals surface area contributed by atoms with E-state index in [0.29, 0.717) is 18.9 Å². The number of aromatic nitrogens is 1. The lowest BCUT2D eigenvalue weighted by atomic mass is 9.94. The average Bonchev–Trinajstić information content (AvgIpc) is 2.88. The highest BCUT2D eigenvalue weighted by atomic mass is 35.5. The number of H-pyrrole nitrogens is 1. The van der Waals surface area contributed by atoms with Crippen LogP contribution in [0.2, 0.25) is 5.02 Å². The zero-order valence-electron chi connectivity index (χ0n) is 21.0. The molecule has 0 aliphatic heterocycles. The van der Waals surface area contributed by atoms with E-state index < -0.39 is 17.3 Å². The summed E-state index contributed by atoms with van der Waals surface area (Å²) in [6, 6.07) is 7.73. The number of hydrogen-bond donors (Lipinski definition) is 2. The van der Waals surface area contributed by atoms with E-state index >= 15 is 0 Å². The van der Waals surface area contributed by atoms with Gasteiger partial charge in [-0.05, 0) is 69.3 Å². The second kappa shape index (κ2) is 12.1. The number of fused-ring (bicyclic) bond motifs is 1. The number of aromatic amines is 1. The third-order valence-electron chi connectivity index (χ3n) is 7.07. The first kappa shape index (κ1) is 28.5. The predicted octanol–water partition coefficient (Wildman–Crippen LogP) is 7.28. The summed E-state index contributed by atoms with van der Waals surface area (Å²) in [5.74, 6) is -0.316. The summed E-state index contributed by atoms with van der Waals surface area (Å²) in [5, 5.41) is 10.9. The highest BCUT2D eigenvalue weighted by Crippen LogP contribution is 2.42. The maximum absolute atomic E-state index is 13.5. The SMILES string of the molecule is CN(CCCC(=O)CSc1c(-c2cc(Cl)ccc2O)c2cc(C(F)(F)F)ccc2[nH]c1=O)C1CCCCC1. The van der Waals surface area contributed by atoms with Gasteiger partial charge in [-0.2, -0.15) is 13.2 Å². The molecule has 5 nitrogen and oxygen atoms in total. The van der Waals surface area contributed by atoms with E-state index in [4.69, 9.17) is 11.6 Å². The maximum Gasteiger partial charge on any atom is 0.416 e. The highest BCUT2D eigenvalue weighted by molar-refractivity contribution is 8.00. The van der Waals surface area contributed by atoms with Crippen LogP contribution in [0.3, 0.4) is 0 Å². The van der Waals surface area contributed by atoms with Gasteiger partial charge in [0.1, 0.15) is 11.5 Å². The number of halogens is 4. The number of phenols is 1. The number of rotatable bonds is 9. The van der Waals surface area contributed by atoms with E-state index in [9.17, 15) is 27.9 Å². The van der Waals surface area contributed by atoms with Crippen molar-refractivity contribution in [3.63, 3.8) is 0 Å². The largest absolute Gasteiger partial charge is 0.507 e. The maximum atomic E-state index is 13.5. The Labute approximate surface area is 228 Å². The van der Waals surface area contributed by atoms with Gasteiger partial charge >= 0.3 is 6.18 Å². The molecule has 38 heavy (non-hydrogen) atoms. The third-order valence-corrected chi connectivity index (χ3v) is 8.45. The molecule has 1 aromatic heterocycles. The lowest BCUT2D eigenvalue weighted by Gasteiger charge is -2.31. The number of carbonyl (C=O) groups is 1. The van der Waals surface area contributed by atoms with Gasteiger partial charge in [-0.15, -0.1) is 11.8 Å². The molecule has 1 saturated carbocycles. The number of aromatic hydroxyl groups is 1. The van der Waals surface area contributed by atoms with Crippen LogP contribution in [-0.2, 0) is 11.0 Å². The van der Waals surface area contributed by atoms with E-state index in [0.717, 1.165) is 30.4 Å². The van der Waals surface area contributed by atoms with E-state index in [1.54, 1.807) is 0 Å². The Morgan fingerprint density at radius 1 is 1.16 bits per heavy atom. The van der Waals surface area contributed by atoms with Gasteiger partial charge in [0.2, 0.25) is 0 Å². The van der Waals surface area contributed by atoms with Gasteiger partial charge in [-0.1, -0.05) is 30.9 Å². The van der Waals surface area contributed by atoms with Gasteiger partial charge in [0.25, 0.3) is 5.56 Å². The topological polar surface area (TPSA) is 73.4 Å². The van der Waals surface area contributed by atoms with Gasteiger partial charge in [0.05, 0.1) is 16.2 Å². The summed E-state index contributed by atoms with van der Waals surface area (Å²) < 4.78 is 40.6. The van der Waals surface area contributed by atoms with Crippen LogP contribution in [0.1, 0.15) is 50.5 Å². The lowest BCUT2D eigenvalue weighted by Crippen LogP contribution is -2.34. The number of phenolic OH excluding ortho intramolecular Hbond substituents is 1. The number of nitrogens with one attached hydrogen (secondary N) is 1. The van der Waals surface area contributed by atoms with Gasteiger partial charge in [-0.3, -0.25) is 9.59 Å². The van der Waals surface area contributed by atoms with Crippen LogP contribution in [0.5, 0.6) is 5.75 Å². The Hall–Kier alpha value is -2.49. The normalized spacial score (nSPS) is 14.9. The summed E-state index contributed by atoms with van der Waals surface area (Å²) >= 11 is 7.10. The van der Waals surface area contributed by atoms with Crippen molar-refractivity contribution < 1.29 is 23.1 Å². The number of pyridine rings is 1. The molecular weight excluding hydrogens is 537 g/mol. The minimum atomic E-state index is -4.61. The first-order valence-corrected chi connectivity index (χ1v) is 14.0. The van der Waals surface area contributed by atoms with Gasteiger partial charge in [0, 0.05) is 39.5 Å². The van der Waals surface area contributed by atoms with Crippen LogP contribution in [-0.4, -0.2) is 46.2 Å². The van der Waals surface area contributed by atoms with E-state index in [1.807, 2.05) is 0 Å². The standard InChI is InChI=1S/C28H30ClF3N2O3S/c1-34(19-6-3-2-4-7-19)13-5-8-20(35)16-38-26-25(22-15-18(29)10-12-24(22)36)21-14-17(28(30,31)32)9-11-23(21)33-27(26)37/h9-12,14-15,19,36H,2-8,13,16H2,1H3,(H,33,37). The molecule has 0 atom stereocenters. The molecule has 4 rings (SSSR count). The molecule has 0 spiro atoms.